The quantitative estimate of drug-likeness (QED) is 0.489. The van der Waals surface area contributed by atoms with Crippen LogP contribution in [0.5, 0.6) is 0 Å². The lowest BCUT2D eigenvalue weighted by Crippen LogP contribution is -2.02. The third kappa shape index (κ3) is 1.35. The SMILES string of the molecule is C/C=C1/CC/C1=C/C=NC. The van der Waals surface area contributed by atoms with Gasteiger partial charge in [-0.25, -0.2) is 0 Å². The van der Waals surface area contributed by atoms with Crippen molar-refractivity contribution >= 4 is 6.21 Å². The summed E-state index contributed by atoms with van der Waals surface area (Å²) >= 11 is 0. The summed E-state index contributed by atoms with van der Waals surface area (Å²) < 4.78 is 0. The van der Waals surface area contributed by atoms with Crippen LogP contribution >= 0.6 is 0 Å². The van der Waals surface area contributed by atoms with Gasteiger partial charge in [0.25, 0.3) is 0 Å². The van der Waals surface area contributed by atoms with Crippen molar-refractivity contribution in [3.05, 3.63) is 23.3 Å². The molecule has 0 aromatic rings. The predicted molar refractivity (Wildman–Crippen MR) is 45.5 cm³/mol. The highest BCUT2D eigenvalue weighted by Crippen LogP contribution is 2.31. The fourth-order valence-electron chi connectivity index (χ4n) is 1.10. The maximum absolute atomic E-state index is 3.90. The first-order valence-corrected chi connectivity index (χ1v) is 3.65. The Balaban J connectivity index is 2.58. The summed E-state index contributed by atoms with van der Waals surface area (Å²) in [6, 6.07) is 0. The first-order chi connectivity index (χ1) is 4.88. The molecule has 0 bridgehead atoms. The van der Waals surface area contributed by atoms with Crippen LogP contribution in [0.1, 0.15) is 19.8 Å². The second-order valence-electron chi connectivity index (χ2n) is 2.41. The average molecular weight is 135 g/mol. The van der Waals surface area contributed by atoms with Crippen molar-refractivity contribution in [3.63, 3.8) is 0 Å². The van der Waals surface area contributed by atoms with Crippen molar-refractivity contribution in [1.29, 1.82) is 0 Å². The Bertz CT molecular complexity index is 197. The van der Waals surface area contributed by atoms with E-state index in [0.717, 1.165) is 0 Å². The van der Waals surface area contributed by atoms with Crippen LogP contribution in [0.2, 0.25) is 0 Å². The summed E-state index contributed by atoms with van der Waals surface area (Å²) in [6.07, 6.45) is 8.61. The third-order valence-corrected chi connectivity index (χ3v) is 1.85. The minimum atomic E-state index is 1.23. The molecule has 0 aromatic carbocycles. The normalized spacial score (nSPS) is 26.2. The molecule has 10 heavy (non-hydrogen) atoms. The monoisotopic (exact) mass is 135 g/mol. The lowest BCUT2D eigenvalue weighted by Gasteiger charge is -2.20. The van der Waals surface area contributed by atoms with E-state index in [4.69, 9.17) is 0 Å². The molecule has 0 aromatic heterocycles. The Hall–Kier alpha value is -0.850. The van der Waals surface area contributed by atoms with Crippen LogP contribution in [0.15, 0.2) is 28.3 Å². The highest BCUT2D eigenvalue weighted by Gasteiger charge is 2.13. The largest absolute Gasteiger partial charge is 0.297 e. The lowest BCUT2D eigenvalue weighted by atomic mass is 9.85. The van der Waals surface area contributed by atoms with E-state index in [0.29, 0.717) is 0 Å². The van der Waals surface area contributed by atoms with Crippen molar-refractivity contribution in [1.82, 2.24) is 0 Å². The third-order valence-electron chi connectivity index (χ3n) is 1.85. The van der Waals surface area contributed by atoms with E-state index >= 15 is 0 Å². The van der Waals surface area contributed by atoms with Crippen LogP contribution in [-0.2, 0) is 0 Å². The van der Waals surface area contributed by atoms with E-state index in [-0.39, 0.29) is 0 Å². The molecule has 1 fully saturated rings. The van der Waals surface area contributed by atoms with Gasteiger partial charge in [0, 0.05) is 13.3 Å². The molecule has 0 heterocycles. The van der Waals surface area contributed by atoms with Gasteiger partial charge in [0.1, 0.15) is 0 Å². The predicted octanol–water partition coefficient (Wildman–Crippen LogP) is 2.35. The van der Waals surface area contributed by atoms with Gasteiger partial charge >= 0.3 is 0 Å². The highest BCUT2D eigenvalue weighted by molar-refractivity contribution is 5.74. The fourth-order valence-corrected chi connectivity index (χ4v) is 1.10. The van der Waals surface area contributed by atoms with E-state index in [9.17, 15) is 0 Å². The second-order valence-corrected chi connectivity index (χ2v) is 2.41. The molecule has 0 saturated heterocycles. The average Bonchev–Trinajstić information content (AvgIpc) is 1.88. The molecule has 1 rings (SSSR count). The van der Waals surface area contributed by atoms with Crippen LogP contribution in [0, 0.1) is 0 Å². The summed E-state index contributed by atoms with van der Waals surface area (Å²) in [5.41, 5.74) is 2.94. The maximum atomic E-state index is 3.90. The molecule has 0 N–H and O–H groups in total. The molecule has 0 aliphatic heterocycles. The summed E-state index contributed by atoms with van der Waals surface area (Å²) in [6.45, 7) is 2.09. The minimum Gasteiger partial charge on any atom is -0.297 e. The molecule has 0 atom stereocenters. The lowest BCUT2D eigenvalue weighted by molar-refractivity contribution is 0.823. The first kappa shape index (κ1) is 7.26. The van der Waals surface area contributed by atoms with Crippen LogP contribution in [0.4, 0.5) is 0 Å². The molecular formula is C9H13N. The maximum Gasteiger partial charge on any atom is 0.0277 e. The summed E-state index contributed by atoms with van der Waals surface area (Å²) in [5.74, 6) is 0. The van der Waals surface area contributed by atoms with Gasteiger partial charge in [-0.05, 0) is 37.0 Å². The summed E-state index contributed by atoms with van der Waals surface area (Å²) in [7, 11) is 1.80. The Morgan fingerprint density at radius 1 is 1.30 bits per heavy atom. The van der Waals surface area contributed by atoms with Gasteiger partial charge in [0.05, 0.1) is 0 Å². The number of nitrogens with zero attached hydrogens (tertiary/aromatic N) is 1. The van der Waals surface area contributed by atoms with Gasteiger partial charge in [-0.15, -0.1) is 0 Å². The van der Waals surface area contributed by atoms with E-state index in [2.05, 4.69) is 24.1 Å². The van der Waals surface area contributed by atoms with E-state index in [1.165, 1.54) is 24.0 Å². The van der Waals surface area contributed by atoms with Crippen LogP contribution in [0.25, 0.3) is 0 Å². The Morgan fingerprint density at radius 2 is 2.00 bits per heavy atom. The van der Waals surface area contributed by atoms with Gasteiger partial charge < -0.3 is 0 Å². The zero-order chi connectivity index (χ0) is 7.40. The number of hydrogen-bond acceptors (Lipinski definition) is 1. The van der Waals surface area contributed by atoms with Gasteiger partial charge in [0.15, 0.2) is 0 Å². The Morgan fingerprint density at radius 3 is 2.40 bits per heavy atom. The fraction of sp³-hybridized carbons (Fsp3) is 0.444. The topological polar surface area (TPSA) is 12.4 Å². The Labute approximate surface area is 62.2 Å². The smallest absolute Gasteiger partial charge is 0.0277 e. The molecule has 54 valence electrons. The summed E-state index contributed by atoms with van der Waals surface area (Å²) in [5, 5.41) is 0. The standard InChI is InChI=1S/C9H13N/c1-3-8-4-5-9(8)6-7-10-2/h3,6-7H,4-5H2,1-2H3/b8-3-,9-6-,10-7?. The first-order valence-electron chi connectivity index (χ1n) is 3.65. The van der Waals surface area contributed by atoms with E-state index in [1.54, 1.807) is 7.05 Å². The molecule has 1 heteroatoms. The molecule has 0 spiro atoms. The number of hydrogen-bond donors (Lipinski definition) is 0. The van der Waals surface area contributed by atoms with Crippen LogP contribution in [-0.4, -0.2) is 13.3 Å². The molecule has 0 radical (unpaired) electrons. The molecule has 0 unspecified atom stereocenters. The van der Waals surface area contributed by atoms with Crippen molar-refractivity contribution in [3.8, 4) is 0 Å². The van der Waals surface area contributed by atoms with Crippen molar-refractivity contribution in [2.75, 3.05) is 7.05 Å². The highest BCUT2D eigenvalue weighted by atomic mass is 14.6. The van der Waals surface area contributed by atoms with Crippen LogP contribution < -0.4 is 0 Å². The van der Waals surface area contributed by atoms with Crippen molar-refractivity contribution < 1.29 is 0 Å². The molecule has 1 aliphatic rings. The molecule has 1 nitrogen and oxygen atoms in total. The van der Waals surface area contributed by atoms with Crippen molar-refractivity contribution in [2.24, 2.45) is 4.99 Å². The number of allylic oxidation sites excluding steroid dienone is 4. The number of aliphatic imine (C=N–C) groups is 1. The van der Waals surface area contributed by atoms with Gasteiger partial charge in [-0.2, -0.15) is 0 Å². The van der Waals surface area contributed by atoms with E-state index in [1.807, 2.05) is 6.21 Å². The molecular weight excluding hydrogens is 122 g/mol. The van der Waals surface area contributed by atoms with Crippen LogP contribution in [0.3, 0.4) is 0 Å². The molecule has 1 saturated carbocycles. The zero-order valence-corrected chi connectivity index (χ0v) is 6.59. The van der Waals surface area contributed by atoms with Gasteiger partial charge in [-0.1, -0.05) is 6.08 Å². The zero-order valence-electron chi connectivity index (χ0n) is 6.59. The second kappa shape index (κ2) is 3.35. The summed E-state index contributed by atoms with van der Waals surface area (Å²) in [4.78, 5) is 3.90. The Kier molecular flexibility index (Phi) is 2.43. The minimum absolute atomic E-state index is 1.23. The van der Waals surface area contributed by atoms with Gasteiger partial charge in [0.2, 0.25) is 0 Å². The molecule has 0 amide bonds. The van der Waals surface area contributed by atoms with Gasteiger partial charge in [-0.3, -0.25) is 4.99 Å². The van der Waals surface area contributed by atoms with E-state index < -0.39 is 0 Å². The number of rotatable bonds is 1. The molecule has 1 aliphatic carbocycles. The van der Waals surface area contributed by atoms with Crippen molar-refractivity contribution in [2.45, 2.75) is 19.8 Å².